The van der Waals surface area contributed by atoms with Gasteiger partial charge in [-0.25, -0.2) is 0 Å². The van der Waals surface area contributed by atoms with Gasteiger partial charge in [-0.2, -0.15) is 0 Å². The molecule has 4 aromatic rings. The Hall–Kier alpha value is -3.80. The monoisotopic (exact) mass is 384 g/mol. The van der Waals surface area contributed by atoms with Gasteiger partial charge < -0.3 is 9.73 Å². The highest BCUT2D eigenvalue weighted by Crippen LogP contribution is 2.24. The number of pyridine rings is 1. The van der Waals surface area contributed by atoms with Crippen LogP contribution in [-0.2, 0) is 6.42 Å². The van der Waals surface area contributed by atoms with Crippen molar-refractivity contribution < 1.29 is 9.21 Å². The zero-order chi connectivity index (χ0) is 20.1. The van der Waals surface area contributed by atoms with E-state index >= 15 is 0 Å². The van der Waals surface area contributed by atoms with Crippen molar-refractivity contribution in [1.82, 2.24) is 20.5 Å². The summed E-state index contributed by atoms with van der Waals surface area (Å²) >= 11 is 0. The summed E-state index contributed by atoms with van der Waals surface area (Å²) in [5.74, 6) is 0.775. The van der Waals surface area contributed by atoms with Gasteiger partial charge in [-0.15, -0.1) is 10.2 Å². The highest BCUT2D eigenvalue weighted by molar-refractivity contribution is 5.94. The van der Waals surface area contributed by atoms with Crippen molar-refractivity contribution in [2.24, 2.45) is 0 Å². The zero-order valence-electron chi connectivity index (χ0n) is 16.0. The van der Waals surface area contributed by atoms with Gasteiger partial charge >= 0.3 is 0 Å². The number of aromatic nitrogens is 3. The molecule has 0 saturated heterocycles. The maximum atomic E-state index is 12.3. The molecule has 0 aliphatic heterocycles. The van der Waals surface area contributed by atoms with Crippen molar-refractivity contribution in [3.8, 4) is 22.9 Å². The molecule has 2 aromatic carbocycles. The lowest BCUT2D eigenvalue weighted by Crippen LogP contribution is -2.25. The van der Waals surface area contributed by atoms with Crippen LogP contribution >= 0.6 is 0 Å². The van der Waals surface area contributed by atoms with Crippen LogP contribution < -0.4 is 5.32 Å². The van der Waals surface area contributed by atoms with E-state index in [2.05, 4.69) is 20.5 Å². The highest BCUT2D eigenvalue weighted by Gasteiger charge is 2.12. The normalized spacial score (nSPS) is 10.7. The van der Waals surface area contributed by atoms with Crippen LogP contribution in [-0.4, -0.2) is 27.6 Å². The van der Waals surface area contributed by atoms with Crippen molar-refractivity contribution in [2.45, 2.75) is 13.3 Å². The van der Waals surface area contributed by atoms with E-state index in [1.54, 1.807) is 24.5 Å². The largest absolute Gasteiger partial charge is 0.416 e. The van der Waals surface area contributed by atoms with Crippen molar-refractivity contribution in [1.29, 1.82) is 0 Å². The number of hydrogen-bond donors (Lipinski definition) is 1. The predicted octanol–water partition coefficient (Wildman–Crippen LogP) is 4.08. The van der Waals surface area contributed by atoms with Crippen LogP contribution in [0.5, 0.6) is 0 Å². The van der Waals surface area contributed by atoms with Crippen molar-refractivity contribution in [3.05, 3.63) is 89.7 Å². The first-order valence-electron chi connectivity index (χ1n) is 9.37. The van der Waals surface area contributed by atoms with Gasteiger partial charge in [-0.3, -0.25) is 9.78 Å². The summed E-state index contributed by atoms with van der Waals surface area (Å²) in [5.41, 5.74) is 4.44. The molecule has 2 aromatic heterocycles. The molecule has 6 heteroatoms. The Balaban J connectivity index is 1.39. The van der Waals surface area contributed by atoms with E-state index in [-0.39, 0.29) is 5.91 Å². The number of rotatable bonds is 6. The van der Waals surface area contributed by atoms with Gasteiger partial charge in [0.05, 0.1) is 0 Å². The fourth-order valence-electron chi connectivity index (χ4n) is 2.97. The first-order chi connectivity index (χ1) is 14.2. The molecule has 0 aliphatic carbocycles. The summed E-state index contributed by atoms with van der Waals surface area (Å²) in [6, 6.07) is 18.9. The summed E-state index contributed by atoms with van der Waals surface area (Å²) in [7, 11) is 0. The molecular weight excluding hydrogens is 364 g/mol. The predicted molar refractivity (Wildman–Crippen MR) is 110 cm³/mol. The first-order valence-corrected chi connectivity index (χ1v) is 9.37. The van der Waals surface area contributed by atoms with Gasteiger partial charge in [0.1, 0.15) is 0 Å². The zero-order valence-corrected chi connectivity index (χ0v) is 16.0. The van der Waals surface area contributed by atoms with E-state index in [0.29, 0.717) is 23.9 Å². The Labute approximate surface area is 168 Å². The number of benzene rings is 2. The van der Waals surface area contributed by atoms with E-state index < -0.39 is 0 Å². The standard InChI is InChI=1S/C23H20N4O2/c1-16-4-2-6-20(14-16)23-27-26-22(29-23)19-9-7-18(8-10-19)21(28)25-13-11-17-5-3-12-24-15-17/h2-10,12,14-15H,11,13H2,1H3,(H,25,28). The fourth-order valence-corrected chi connectivity index (χ4v) is 2.97. The molecule has 0 saturated carbocycles. The van der Waals surface area contributed by atoms with Crippen LogP contribution in [0, 0.1) is 6.92 Å². The SMILES string of the molecule is Cc1cccc(-c2nnc(-c3ccc(C(=O)NCCc4cccnc4)cc3)o2)c1. The fraction of sp³-hybridized carbons (Fsp3) is 0.130. The Morgan fingerprint density at radius 3 is 2.48 bits per heavy atom. The van der Waals surface area contributed by atoms with Crippen LogP contribution in [0.15, 0.2) is 77.5 Å². The van der Waals surface area contributed by atoms with Crippen molar-refractivity contribution in [2.75, 3.05) is 6.54 Å². The first kappa shape index (κ1) is 18.6. The summed E-state index contributed by atoms with van der Waals surface area (Å²) in [5, 5.41) is 11.2. The van der Waals surface area contributed by atoms with Gasteiger partial charge in [-0.1, -0.05) is 23.8 Å². The second-order valence-electron chi connectivity index (χ2n) is 6.73. The Bertz CT molecular complexity index is 1110. The number of carbonyl (C=O) groups is 1. The van der Waals surface area contributed by atoms with E-state index in [1.807, 2.05) is 55.5 Å². The average molecular weight is 384 g/mol. The van der Waals surface area contributed by atoms with Gasteiger partial charge in [0.25, 0.3) is 5.91 Å². The topological polar surface area (TPSA) is 80.9 Å². The van der Waals surface area contributed by atoms with Crippen molar-refractivity contribution in [3.63, 3.8) is 0 Å². The number of aryl methyl sites for hydroxylation is 1. The number of nitrogens with zero attached hydrogens (tertiary/aromatic N) is 3. The average Bonchev–Trinajstić information content (AvgIpc) is 3.25. The maximum Gasteiger partial charge on any atom is 0.251 e. The molecular formula is C23H20N4O2. The summed E-state index contributed by atoms with van der Waals surface area (Å²) in [4.78, 5) is 16.4. The smallest absolute Gasteiger partial charge is 0.251 e. The van der Waals surface area contributed by atoms with Crippen molar-refractivity contribution >= 4 is 5.91 Å². The lowest BCUT2D eigenvalue weighted by Gasteiger charge is -2.05. The third kappa shape index (κ3) is 4.55. The van der Waals surface area contributed by atoms with Crippen LogP contribution in [0.4, 0.5) is 0 Å². The third-order valence-corrected chi connectivity index (χ3v) is 4.51. The summed E-state index contributed by atoms with van der Waals surface area (Å²) < 4.78 is 5.80. The second kappa shape index (κ2) is 8.48. The Kier molecular flexibility index (Phi) is 5.42. The molecule has 2 heterocycles. The highest BCUT2D eigenvalue weighted by atomic mass is 16.4. The van der Waals surface area contributed by atoms with E-state index in [9.17, 15) is 4.79 Å². The molecule has 0 unspecified atom stereocenters. The van der Waals surface area contributed by atoms with E-state index in [4.69, 9.17) is 4.42 Å². The Morgan fingerprint density at radius 1 is 0.966 bits per heavy atom. The number of carbonyl (C=O) groups excluding carboxylic acids is 1. The summed E-state index contributed by atoms with van der Waals surface area (Å²) in [6.45, 7) is 2.57. The Morgan fingerprint density at radius 2 is 1.76 bits per heavy atom. The van der Waals surface area contributed by atoms with Crippen LogP contribution in [0.2, 0.25) is 0 Å². The number of amides is 1. The molecule has 29 heavy (non-hydrogen) atoms. The number of nitrogens with one attached hydrogen (secondary N) is 1. The molecule has 6 nitrogen and oxygen atoms in total. The van der Waals surface area contributed by atoms with Crippen LogP contribution in [0.25, 0.3) is 22.9 Å². The van der Waals surface area contributed by atoms with Crippen LogP contribution in [0.1, 0.15) is 21.5 Å². The van der Waals surface area contributed by atoms with Gasteiger partial charge in [0, 0.05) is 35.6 Å². The molecule has 1 N–H and O–H groups in total. The minimum absolute atomic E-state index is 0.119. The molecule has 4 rings (SSSR count). The molecule has 0 radical (unpaired) electrons. The van der Waals surface area contributed by atoms with Gasteiger partial charge in [0.2, 0.25) is 11.8 Å². The van der Waals surface area contributed by atoms with Crippen LogP contribution in [0.3, 0.4) is 0 Å². The maximum absolute atomic E-state index is 12.3. The minimum atomic E-state index is -0.119. The molecule has 1 amide bonds. The molecule has 0 fully saturated rings. The third-order valence-electron chi connectivity index (χ3n) is 4.51. The quantitative estimate of drug-likeness (QED) is 0.542. The van der Waals surface area contributed by atoms with E-state index in [0.717, 1.165) is 28.7 Å². The summed E-state index contributed by atoms with van der Waals surface area (Å²) in [6.07, 6.45) is 4.27. The van der Waals surface area contributed by atoms with Gasteiger partial charge in [0.15, 0.2) is 0 Å². The lowest BCUT2D eigenvalue weighted by molar-refractivity contribution is 0.0954. The van der Waals surface area contributed by atoms with Gasteiger partial charge in [-0.05, 0) is 61.4 Å². The molecule has 144 valence electrons. The molecule has 0 aliphatic rings. The molecule has 0 bridgehead atoms. The molecule has 0 atom stereocenters. The molecule has 0 spiro atoms. The lowest BCUT2D eigenvalue weighted by atomic mass is 10.1. The minimum Gasteiger partial charge on any atom is -0.416 e. The second-order valence-corrected chi connectivity index (χ2v) is 6.73. The number of hydrogen-bond acceptors (Lipinski definition) is 5. The van der Waals surface area contributed by atoms with E-state index in [1.165, 1.54) is 0 Å².